The molecule has 1 N–H and O–H groups in total. The highest BCUT2D eigenvalue weighted by molar-refractivity contribution is 6.12. The molecule has 6 heteroatoms. The zero-order valence-corrected chi connectivity index (χ0v) is 19.0. The van der Waals surface area contributed by atoms with E-state index in [2.05, 4.69) is 5.32 Å². The fraction of sp³-hybridized carbons (Fsp3) is 0.250. The van der Waals surface area contributed by atoms with Crippen LogP contribution in [0.25, 0.3) is 0 Å². The Morgan fingerprint density at radius 2 is 1.41 bits per heavy atom. The number of hydrogen-bond acceptors (Lipinski definition) is 4. The van der Waals surface area contributed by atoms with Crippen molar-refractivity contribution in [3.05, 3.63) is 101 Å². The zero-order chi connectivity index (χ0) is 23.8. The molecule has 6 nitrogen and oxygen atoms in total. The average Bonchev–Trinajstić information content (AvgIpc) is 2.89. The predicted molar refractivity (Wildman–Crippen MR) is 131 cm³/mol. The summed E-state index contributed by atoms with van der Waals surface area (Å²) in [7, 11) is 0. The Kier molecular flexibility index (Phi) is 7.83. The first-order valence-electron chi connectivity index (χ1n) is 11.5. The molecule has 0 aromatic heterocycles. The number of aryl methyl sites for hydroxylation is 1. The van der Waals surface area contributed by atoms with Gasteiger partial charge in [0, 0.05) is 31.6 Å². The molecule has 1 fully saturated rings. The van der Waals surface area contributed by atoms with Gasteiger partial charge in [-0.15, -0.1) is 0 Å². The number of ketones is 1. The molecule has 2 amide bonds. The monoisotopic (exact) mass is 456 g/mol. The number of benzene rings is 3. The fourth-order valence-corrected chi connectivity index (χ4v) is 3.95. The lowest BCUT2D eigenvalue weighted by atomic mass is 10.0. The van der Waals surface area contributed by atoms with E-state index < -0.39 is 0 Å². The van der Waals surface area contributed by atoms with Gasteiger partial charge >= 0.3 is 0 Å². The van der Waals surface area contributed by atoms with Crippen LogP contribution in [0, 0.1) is 0 Å². The maximum Gasteiger partial charge on any atom is 0.256 e. The van der Waals surface area contributed by atoms with Gasteiger partial charge < -0.3 is 15.0 Å². The van der Waals surface area contributed by atoms with Crippen LogP contribution in [0.2, 0.25) is 0 Å². The van der Waals surface area contributed by atoms with Crippen molar-refractivity contribution in [1.29, 1.82) is 0 Å². The summed E-state index contributed by atoms with van der Waals surface area (Å²) < 4.78 is 5.32. The highest BCUT2D eigenvalue weighted by atomic mass is 16.5. The van der Waals surface area contributed by atoms with Crippen molar-refractivity contribution in [2.24, 2.45) is 0 Å². The first kappa shape index (κ1) is 23.4. The van der Waals surface area contributed by atoms with E-state index in [0.29, 0.717) is 56.0 Å². The number of carbonyl (C=O) groups is 3. The second kappa shape index (κ2) is 11.4. The van der Waals surface area contributed by atoms with Gasteiger partial charge in [0.2, 0.25) is 0 Å². The number of nitrogens with zero attached hydrogens (tertiary/aromatic N) is 1. The molecule has 0 atom stereocenters. The zero-order valence-electron chi connectivity index (χ0n) is 19.0. The van der Waals surface area contributed by atoms with Crippen LogP contribution >= 0.6 is 0 Å². The van der Waals surface area contributed by atoms with Crippen molar-refractivity contribution in [2.45, 2.75) is 19.3 Å². The summed E-state index contributed by atoms with van der Waals surface area (Å²) >= 11 is 0. The first-order valence-corrected chi connectivity index (χ1v) is 11.5. The van der Waals surface area contributed by atoms with Gasteiger partial charge in [0.25, 0.3) is 11.8 Å². The number of Topliss-reactive ketones (excluding diaryl/α,β-unsaturated/α-hetero) is 1. The molecule has 0 spiro atoms. The van der Waals surface area contributed by atoms with E-state index in [1.54, 1.807) is 41.3 Å². The second-order valence-electron chi connectivity index (χ2n) is 8.30. The smallest absolute Gasteiger partial charge is 0.256 e. The Morgan fingerprint density at radius 3 is 2.12 bits per heavy atom. The third-order valence-corrected chi connectivity index (χ3v) is 5.85. The van der Waals surface area contributed by atoms with Gasteiger partial charge in [-0.05, 0) is 41.8 Å². The summed E-state index contributed by atoms with van der Waals surface area (Å²) in [6.07, 6.45) is 1.59. The van der Waals surface area contributed by atoms with Crippen LogP contribution in [0.15, 0.2) is 78.9 Å². The van der Waals surface area contributed by atoms with Crippen molar-refractivity contribution >= 4 is 23.3 Å². The molecule has 0 bridgehead atoms. The molecule has 0 aliphatic carbocycles. The molecule has 3 aromatic rings. The Morgan fingerprint density at radius 1 is 0.765 bits per heavy atom. The maximum atomic E-state index is 12.9. The number of rotatable bonds is 8. The molecule has 0 unspecified atom stereocenters. The molecule has 4 rings (SSSR count). The van der Waals surface area contributed by atoms with Crippen molar-refractivity contribution in [3.8, 4) is 0 Å². The lowest BCUT2D eigenvalue weighted by Gasteiger charge is -2.27. The summed E-state index contributed by atoms with van der Waals surface area (Å²) in [4.78, 5) is 39.9. The molecule has 1 heterocycles. The number of anilines is 1. The number of ether oxygens (including phenoxy) is 1. The Bertz CT molecular complexity index is 1140. The number of morpholine rings is 1. The van der Waals surface area contributed by atoms with E-state index >= 15 is 0 Å². The number of carbonyl (C=O) groups excluding carboxylic acids is 3. The summed E-state index contributed by atoms with van der Waals surface area (Å²) in [6.45, 7) is 2.03. The molecule has 1 saturated heterocycles. The van der Waals surface area contributed by atoms with Crippen LogP contribution in [0.1, 0.15) is 38.3 Å². The van der Waals surface area contributed by atoms with Gasteiger partial charge in [-0.3, -0.25) is 14.4 Å². The first-order chi connectivity index (χ1) is 16.6. The van der Waals surface area contributed by atoms with Gasteiger partial charge in [-0.2, -0.15) is 0 Å². The molecular weight excluding hydrogens is 428 g/mol. The molecule has 0 saturated carbocycles. The largest absolute Gasteiger partial charge is 0.378 e. The molecule has 1 aliphatic rings. The van der Waals surface area contributed by atoms with Crippen LogP contribution < -0.4 is 5.32 Å². The summed E-state index contributed by atoms with van der Waals surface area (Å²) in [5.74, 6) is -0.335. The lowest BCUT2D eigenvalue weighted by molar-refractivity contribution is -0.118. The topological polar surface area (TPSA) is 75.7 Å². The third-order valence-electron chi connectivity index (χ3n) is 5.85. The maximum absolute atomic E-state index is 12.9. The minimum atomic E-state index is -0.344. The van der Waals surface area contributed by atoms with Gasteiger partial charge in [0.1, 0.15) is 5.78 Å². The summed E-state index contributed by atoms with van der Waals surface area (Å²) in [6, 6.07) is 24.1. The SMILES string of the molecule is O=C(CCc1ccccc1)Cc1ccc(NC(=O)c2ccccc2C(=O)N2CCOCC2)cc1. The number of nitrogens with one attached hydrogen (secondary N) is 1. The van der Waals surface area contributed by atoms with Crippen molar-refractivity contribution in [1.82, 2.24) is 4.90 Å². The van der Waals surface area contributed by atoms with Crippen LogP contribution in [0.4, 0.5) is 5.69 Å². The quantitative estimate of drug-likeness (QED) is 0.552. The minimum absolute atomic E-state index is 0.168. The van der Waals surface area contributed by atoms with E-state index in [1.807, 2.05) is 42.5 Å². The summed E-state index contributed by atoms with van der Waals surface area (Å²) in [5.41, 5.74) is 3.38. The summed E-state index contributed by atoms with van der Waals surface area (Å²) in [5, 5.41) is 2.86. The minimum Gasteiger partial charge on any atom is -0.378 e. The van der Waals surface area contributed by atoms with Crippen LogP contribution in [0.5, 0.6) is 0 Å². The van der Waals surface area contributed by atoms with Crippen molar-refractivity contribution in [3.63, 3.8) is 0 Å². The van der Waals surface area contributed by atoms with E-state index in [0.717, 1.165) is 17.5 Å². The number of amides is 2. The van der Waals surface area contributed by atoms with Gasteiger partial charge in [0.15, 0.2) is 0 Å². The lowest BCUT2D eigenvalue weighted by Crippen LogP contribution is -2.41. The van der Waals surface area contributed by atoms with Crippen molar-refractivity contribution in [2.75, 3.05) is 31.6 Å². The van der Waals surface area contributed by atoms with E-state index in [9.17, 15) is 14.4 Å². The van der Waals surface area contributed by atoms with Crippen LogP contribution in [0.3, 0.4) is 0 Å². The van der Waals surface area contributed by atoms with E-state index in [4.69, 9.17) is 4.74 Å². The Balaban J connectivity index is 1.35. The predicted octanol–water partition coefficient (Wildman–Crippen LogP) is 4.16. The molecule has 0 radical (unpaired) electrons. The Labute approximate surface area is 199 Å². The fourth-order valence-electron chi connectivity index (χ4n) is 3.95. The molecular formula is C28H28N2O4. The average molecular weight is 457 g/mol. The molecule has 34 heavy (non-hydrogen) atoms. The highest BCUT2D eigenvalue weighted by Gasteiger charge is 2.23. The Hall–Kier alpha value is -3.77. The molecule has 3 aromatic carbocycles. The second-order valence-corrected chi connectivity index (χ2v) is 8.30. The standard InChI is InChI=1S/C28H28N2O4/c31-24(15-12-21-6-2-1-3-7-21)20-22-10-13-23(14-11-22)29-27(32)25-8-4-5-9-26(25)28(33)30-16-18-34-19-17-30/h1-11,13-14H,12,15-20H2,(H,29,32). The van der Waals surface area contributed by atoms with Crippen LogP contribution in [-0.4, -0.2) is 48.8 Å². The molecule has 1 aliphatic heterocycles. The third kappa shape index (κ3) is 6.17. The van der Waals surface area contributed by atoms with Gasteiger partial charge in [-0.25, -0.2) is 0 Å². The van der Waals surface area contributed by atoms with E-state index in [-0.39, 0.29) is 17.6 Å². The van der Waals surface area contributed by atoms with Crippen LogP contribution in [-0.2, 0) is 22.4 Å². The number of hydrogen-bond donors (Lipinski definition) is 1. The highest BCUT2D eigenvalue weighted by Crippen LogP contribution is 2.17. The molecule has 174 valence electrons. The van der Waals surface area contributed by atoms with E-state index in [1.165, 1.54) is 0 Å². The van der Waals surface area contributed by atoms with Gasteiger partial charge in [-0.1, -0.05) is 54.6 Å². The van der Waals surface area contributed by atoms with Gasteiger partial charge in [0.05, 0.1) is 24.3 Å². The van der Waals surface area contributed by atoms with Crippen molar-refractivity contribution < 1.29 is 19.1 Å². The normalized spacial score (nSPS) is 13.4.